The van der Waals surface area contributed by atoms with Crippen molar-refractivity contribution in [3.05, 3.63) is 0 Å². The van der Waals surface area contributed by atoms with E-state index in [0.717, 1.165) is 32.2 Å². The first-order valence-corrected chi connectivity index (χ1v) is 6.42. The Hall–Kier alpha value is -1.10. The van der Waals surface area contributed by atoms with Gasteiger partial charge in [0.05, 0.1) is 6.10 Å². The van der Waals surface area contributed by atoms with Crippen LogP contribution in [0.3, 0.4) is 0 Å². The SMILES string of the molecule is CCCN1C(=O)N=C(N)C12CCOC(CC)C2. The van der Waals surface area contributed by atoms with E-state index in [-0.39, 0.29) is 17.7 Å². The summed E-state index contributed by atoms with van der Waals surface area (Å²) in [5, 5.41) is 0. The molecule has 2 unspecified atom stereocenters. The lowest BCUT2D eigenvalue weighted by molar-refractivity contribution is -0.0345. The van der Waals surface area contributed by atoms with Crippen molar-refractivity contribution < 1.29 is 9.53 Å². The second-order valence-corrected chi connectivity index (χ2v) is 4.82. The van der Waals surface area contributed by atoms with E-state index in [1.807, 2.05) is 4.90 Å². The Morgan fingerprint density at radius 1 is 1.59 bits per heavy atom. The summed E-state index contributed by atoms with van der Waals surface area (Å²) in [6, 6.07) is -0.180. The minimum Gasteiger partial charge on any atom is -0.385 e. The highest BCUT2D eigenvalue weighted by molar-refractivity contribution is 6.05. The monoisotopic (exact) mass is 239 g/mol. The number of aliphatic imine (C=N–C) groups is 1. The Morgan fingerprint density at radius 2 is 2.35 bits per heavy atom. The Kier molecular flexibility index (Phi) is 3.38. The van der Waals surface area contributed by atoms with Gasteiger partial charge in [-0.3, -0.25) is 0 Å². The molecule has 96 valence electrons. The average Bonchev–Trinajstić information content (AvgIpc) is 2.54. The molecule has 0 aromatic rings. The van der Waals surface area contributed by atoms with E-state index in [1.165, 1.54) is 0 Å². The van der Waals surface area contributed by atoms with Crippen LogP contribution in [-0.4, -0.2) is 41.6 Å². The minimum absolute atomic E-state index is 0.180. The van der Waals surface area contributed by atoms with Gasteiger partial charge in [-0.1, -0.05) is 13.8 Å². The number of amides is 2. The van der Waals surface area contributed by atoms with E-state index in [4.69, 9.17) is 10.5 Å². The molecule has 2 atom stereocenters. The van der Waals surface area contributed by atoms with Crippen molar-refractivity contribution in [2.45, 2.75) is 51.2 Å². The fourth-order valence-corrected chi connectivity index (χ4v) is 2.79. The molecule has 2 heterocycles. The zero-order valence-corrected chi connectivity index (χ0v) is 10.6. The van der Waals surface area contributed by atoms with Crippen LogP contribution in [0, 0.1) is 0 Å². The van der Waals surface area contributed by atoms with Gasteiger partial charge < -0.3 is 15.4 Å². The van der Waals surface area contributed by atoms with E-state index in [1.54, 1.807) is 0 Å². The highest BCUT2D eigenvalue weighted by atomic mass is 16.5. The van der Waals surface area contributed by atoms with Crippen molar-refractivity contribution in [2.75, 3.05) is 13.2 Å². The molecule has 0 aromatic heterocycles. The van der Waals surface area contributed by atoms with E-state index >= 15 is 0 Å². The van der Waals surface area contributed by atoms with Crippen molar-refractivity contribution in [1.29, 1.82) is 0 Å². The van der Waals surface area contributed by atoms with Crippen LogP contribution in [0.5, 0.6) is 0 Å². The largest absolute Gasteiger partial charge is 0.385 e. The minimum atomic E-state index is -0.369. The van der Waals surface area contributed by atoms with Gasteiger partial charge in [-0.25, -0.2) is 4.79 Å². The number of rotatable bonds is 3. The third-order valence-corrected chi connectivity index (χ3v) is 3.78. The van der Waals surface area contributed by atoms with Crippen LogP contribution < -0.4 is 5.73 Å². The lowest BCUT2D eigenvalue weighted by atomic mass is 9.83. The van der Waals surface area contributed by atoms with Gasteiger partial charge in [-0.15, -0.1) is 0 Å². The van der Waals surface area contributed by atoms with Gasteiger partial charge in [0.2, 0.25) is 0 Å². The Morgan fingerprint density at radius 3 is 3.00 bits per heavy atom. The molecular weight excluding hydrogens is 218 g/mol. The van der Waals surface area contributed by atoms with Crippen molar-refractivity contribution in [2.24, 2.45) is 10.7 Å². The average molecular weight is 239 g/mol. The number of urea groups is 1. The predicted octanol–water partition coefficient (Wildman–Crippen LogP) is 1.52. The third kappa shape index (κ3) is 1.92. The summed E-state index contributed by atoms with van der Waals surface area (Å²) < 4.78 is 5.68. The van der Waals surface area contributed by atoms with Crippen LogP contribution in [-0.2, 0) is 4.74 Å². The molecule has 1 fully saturated rings. The summed E-state index contributed by atoms with van der Waals surface area (Å²) in [5.41, 5.74) is 5.64. The lowest BCUT2D eigenvalue weighted by Gasteiger charge is -2.43. The molecule has 5 heteroatoms. The summed E-state index contributed by atoms with van der Waals surface area (Å²) in [6.07, 6.45) is 3.61. The summed E-state index contributed by atoms with van der Waals surface area (Å²) in [4.78, 5) is 17.7. The number of nitrogens with two attached hydrogens (primary N) is 1. The molecule has 2 aliphatic rings. The zero-order valence-electron chi connectivity index (χ0n) is 10.6. The first-order valence-electron chi connectivity index (χ1n) is 6.42. The van der Waals surface area contributed by atoms with Crippen LogP contribution in [0.1, 0.15) is 39.5 Å². The Labute approximate surface area is 102 Å². The maximum absolute atomic E-state index is 11.9. The third-order valence-electron chi connectivity index (χ3n) is 3.78. The molecule has 0 saturated carbocycles. The van der Waals surface area contributed by atoms with Crippen LogP contribution >= 0.6 is 0 Å². The Balaban J connectivity index is 2.25. The molecule has 0 radical (unpaired) electrons. The molecule has 0 aliphatic carbocycles. The standard InChI is InChI=1S/C12H21N3O2/c1-3-6-15-11(16)14-10(13)12(15)5-7-17-9(4-2)8-12/h9H,3-8H2,1-2H3,(H2,13,14,16). The number of carbonyl (C=O) groups is 1. The van der Waals surface area contributed by atoms with Crippen LogP contribution in [0.15, 0.2) is 4.99 Å². The number of carbonyl (C=O) groups excluding carboxylic acids is 1. The first kappa shape index (κ1) is 12.4. The quantitative estimate of drug-likeness (QED) is 0.811. The van der Waals surface area contributed by atoms with Gasteiger partial charge in [-0.2, -0.15) is 4.99 Å². The zero-order chi connectivity index (χ0) is 12.5. The molecule has 1 saturated heterocycles. The molecule has 5 nitrogen and oxygen atoms in total. The normalized spacial score (nSPS) is 33.3. The topological polar surface area (TPSA) is 67.9 Å². The molecule has 2 aliphatic heterocycles. The molecular formula is C12H21N3O2. The van der Waals surface area contributed by atoms with E-state index in [2.05, 4.69) is 18.8 Å². The van der Waals surface area contributed by atoms with Crippen molar-refractivity contribution in [3.8, 4) is 0 Å². The predicted molar refractivity (Wildman–Crippen MR) is 66.0 cm³/mol. The number of ether oxygens (including phenoxy) is 1. The molecule has 1 spiro atoms. The van der Waals surface area contributed by atoms with Crippen molar-refractivity contribution >= 4 is 11.9 Å². The fraction of sp³-hybridized carbons (Fsp3) is 0.833. The molecule has 0 aromatic carbocycles. The molecule has 2 amide bonds. The molecule has 0 bridgehead atoms. The van der Waals surface area contributed by atoms with Gasteiger partial charge in [0.25, 0.3) is 0 Å². The fourth-order valence-electron chi connectivity index (χ4n) is 2.79. The first-order chi connectivity index (χ1) is 8.14. The summed E-state index contributed by atoms with van der Waals surface area (Å²) in [7, 11) is 0. The van der Waals surface area contributed by atoms with E-state index in [9.17, 15) is 4.79 Å². The van der Waals surface area contributed by atoms with Crippen molar-refractivity contribution in [1.82, 2.24) is 4.90 Å². The number of hydrogen-bond acceptors (Lipinski definition) is 3. The second-order valence-electron chi connectivity index (χ2n) is 4.82. The smallest absolute Gasteiger partial charge is 0.346 e. The van der Waals surface area contributed by atoms with Gasteiger partial charge in [0.15, 0.2) is 0 Å². The number of nitrogens with zero attached hydrogens (tertiary/aromatic N) is 2. The van der Waals surface area contributed by atoms with Gasteiger partial charge in [0, 0.05) is 26.0 Å². The highest BCUT2D eigenvalue weighted by Gasteiger charge is 2.50. The molecule has 2 N–H and O–H groups in total. The van der Waals surface area contributed by atoms with Gasteiger partial charge in [0.1, 0.15) is 11.4 Å². The van der Waals surface area contributed by atoms with E-state index in [0.29, 0.717) is 12.4 Å². The van der Waals surface area contributed by atoms with Crippen LogP contribution in [0.4, 0.5) is 4.79 Å². The van der Waals surface area contributed by atoms with Gasteiger partial charge in [-0.05, 0) is 12.8 Å². The molecule has 17 heavy (non-hydrogen) atoms. The van der Waals surface area contributed by atoms with E-state index < -0.39 is 0 Å². The maximum Gasteiger partial charge on any atom is 0.346 e. The van der Waals surface area contributed by atoms with Crippen LogP contribution in [0.2, 0.25) is 0 Å². The second kappa shape index (κ2) is 4.64. The highest BCUT2D eigenvalue weighted by Crippen LogP contribution is 2.36. The Bertz CT molecular complexity index is 343. The number of amidine groups is 1. The molecule has 2 rings (SSSR count). The lowest BCUT2D eigenvalue weighted by Crippen LogP contribution is -2.58. The van der Waals surface area contributed by atoms with Gasteiger partial charge >= 0.3 is 6.03 Å². The summed E-state index contributed by atoms with van der Waals surface area (Å²) in [5.74, 6) is 0.484. The number of hydrogen-bond donors (Lipinski definition) is 1. The van der Waals surface area contributed by atoms with Crippen LogP contribution in [0.25, 0.3) is 0 Å². The maximum atomic E-state index is 11.9. The van der Waals surface area contributed by atoms with Crippen molar-refractivity contribution in [3.63, 3.8) is 0 Å². The summed E-state index contributed by atoms with van der Waals surface area (Å²) >= 11 is 0. The summed E-state index contributed by atoms with van der Waals surface area (Å²) in [6.45, 7) is 5.53.